The molecule has 3 heteroatoms. The van der Waals surface area contributed by atoms with Crippen molar-refractivity contribution in [1.29, 1.82) is 0 Å². The van der Waals surface area contributed by atoms with Crippen LogP contribution in [0.2, 0.25) is 18.1 Å². The van der Waals surface area contributed by atoms with Gasteiger partial charge in [0.15, 0.2) is 8.32 Å². The summed E-state index contributed by atoms with van der Waals surface area (Å²) in [5.74, 6) is 2.27. The van der Waals surface area contributed by atoms with E-state index in [0.717, 1.165) is 12.2 Å². The van der Waals surface area contributed by atoms with Gasteiger partial charge in [-0.2, -0.15) is 0 Å². The van der Waals surface area contributed by atoms with Gasteiger partial charge in [0.1, 0.15) is 5.75 Å². The maximum atomic E-state index is 7.07. The number of ether oxygens (including phenoxy) is 1. The lowest BCUT2D eigenvalue weighted by atomic mass is 9.66. The highest BCUT2D eigenvalue weighted by Gasteiger charge is 2.54. The standard InChI is InChI=1S/C23H38O2Si/c1-16(2)22(3,4)26(7,8)25-21-12-11-20-19-10-9-18(24-6)15-17(19)13-14-23(20,21)5/h9-10,15-16,20-21H,11-14H2,1-8H3/t20-,21-,23-/m0/s1. The predicted octanol–water partition coefficient (Wildman–Crippen LogP) is 6.55. The van der Waals surface area contributed by atoms with Gasteiger partial charge >= 0.3 is 0 Å². The van der Waals surface area contributed by atoms with Gasteiger partial charge in [0.25, 0.3) is 0 Å². The molecule has 1 aromatic rings. The molecule has 0 amide bonds. The summed E-state index contributed by atoms with van der Waals surface area (Å²) < 4.78 is 12.5. The molecule has 0 saturated heterocycles. The van der Waals surface area contributed by atoms with E-state index in [1.165, 1.54) is 24.8 Å². The van der Waals surface area contributed by atoms with E-state index in [-0.39, 0.29) is 10.5 Å². The summed E-state index contributed by atoms with van der Waals surface area (Å²) >= 11 is 0. The van der Waals surface area contributed by atoms with Crippen molar-refractivity contribution in [2.75, 3.05) is 7.11 Å². The fraction of sp³-hybridized carbons (Fsp3) is 0.739. The van der Waals surface area contributed by atoms with Crippen molar-refractivity contribution in [1.82, 2.24) is 0 Å². The summed E-state index contributed by atoms with van der Waals surface area (Å²) in [6, 6.07) is 6.71. The van der Waals surface area contributed by atoms with Crippen LogP contribution in [0.25, 0.3) is 0 Å². The van der Waals surface area contributed by atoms with Gasteiger partial charge in [-0.1, -0.05) is 40.7 Å². The van der Waals surface area contributed by atoms with E-state index in [4.69, 9.17) is 9.16 Å². The summed E-state index contributed by atoms with van der Waals surface area (Å²) in [5.41, 5.74) is 3.32. The van der Waals surface area contributed by atoms with E-state index in [1.54, 1.807) is 12.7 Å². The van der Waals surface area contributed by atoms with Gasteiger partial charge in [-0.05, 0) is 84.3 Å². The molecule has 3 rings (SSSR count). The topological polar surface area (TPSA) is 18.5 Å². The van der Waals surface area contributed by atoms with Gasteiger partial charge in [0, 0.05) is 0 Å². The number of rotatable bonds is 5. The van der Waals surface area contributed by atoms with Crippen LogP contribution in [-0.2, 0) is 10.8 Å². The number of hydrogen-bond acceptors (Lipinski definition) is 2. The molecular formula is C23H38O2Si. The molecule has 26 heavy (non-hydrogen) atoms. The molecule has 1 aromatic carbocycles. The normalized spacial score (nSPS) is 28.8. The predicted molar refractivity (Wildman–Crippen MR) is 113 cm³/mol. The first-order chi connectivity index (χ1) is 12.0. The summed E-state index contributed by atoms with van der Waals surface area (Å²) in [7, 11) is -0.0475. The molecule has 1 fully saturated rings. The zero-order valence-electron chi connectivity index (χ0n) is 18.1. The van der Waals surface area contributed by atoms with Crippen molar-refractivity contribution in [3.05, 3.63) is 29.3 Å². The van der Waals surface area contributed by atoms with Crippen LogP contribution in [0, 0.1) is 11.3 Å². The van der Waals surface area contributed by atoms with E-state index in [2.05, 4.69) is 65.9 Å². The van der Waals surface area contributed by atoms with E-state index < -0.39 is 8.32 Å². The molecule has 2 aliphatic carbocycles. The first-order valence-electron chi connectivity index (χ1n) is 10.4. The molecule has 146 valence electrons. The second-order valence-electron chi connectivity index (χ2n) is 10.2. The number of fused-ring (bicyclic) bond motifs is 3. The van der Waals surface area contributed by atoms with Gasteiger partial charge < -0.3 is 9.16 Å². The largest absolute Gasteiger partial charge is 0.497 e. The molecule has 2 nitrogen and oxygen atoms in total. The zero-order chi connectivity index (χ0) is 19.3. The fourth-order valence-corrected chi connectivity index (χ4v) is 7.91. The lowest BCUT2D eigenvalue weighted by Gasteiger charge is -2.48. The maximum Gasteiger partial charge on any atom is 0.192 e. The molecule has 2 aliphatic rings. The van der Waals surface area contributed by atoms with Crippen LogP contribution in [0.5, 0.6) is 5.75 Å². The number of hydrogen-bond donors (Lipinski definition) is 0. The molecule has 0 aromatic heterocycles. The Kier molecular flexibility index (Phi) is 5.11. The molecule has 1 saturated carbocycles. The first kappa shape index (κ1) is 19.9. The smallest absolute Gasteiger partial charge is 0.192 e. The summed E-state index contributed by atoms with van der Waals surface area (Å²) in [4.78, 5) is 0. The van der Waals surface area contributed by atoms with Crippen molar-refractivity contribution < 1.29 is 9.16 Å². The third-order valence-electron chi connectivity index (χ3n) is 8.34. The average Bonchev–Trinajstić information content (AvgIpc) is 2.90. The fourth-order valence-electron chi connectivity index (χ4n) is 5.11. The van der Waals surface area contributed by atoms with Crippen LogP contribution in [0.15, 0.2) is 18.2 Å². The number of benzene rings is 1. The first-order valence-corrected chi connectivity index (χ1v) is 13.3. The minimum Gasteiger partial charge on any atom is -0.497 e. The number of methoxy groups -OCH3 is 1. The Balaban J connectivity index is 1.86. The molecule has 0 spiro atoms. The van der Waals surface area contributed by atoms with E-state index in [0.29, 0.717) is 17.9 Å². The van der Waals surface area contributed by atoms with Gasteiger partial charge in [-0.3, -0.25) is 0 Å². The summed E-state index contributed by atoms with van der Waals surface area (Å²) in [5, 5.41) is 0.279. The van der Waals surface area contributed by atoms with Gasteiger partial charge in [-0.15, -0.1) is 0 Å². The number of aryl methyl sites for hydroxylation is 1. The molecule has 0 heterocycles. The third-order valence-corrected chi connectivity index (χ3v) is 12.9. The van der Waals surface area contributed by atoms with Crippen molar-refractivity contribution in [3.8, 4) is 5.75 Å². The van der Waals surface area contributed by atoms with Crippen LogP contribution in [0.3, 0.4) is 0 Å². The van der Waals surface area contributed by atoms with Crippen molar-refractivity contribution in [2.45, 2.75) is 90.5 Å². The molecule has 0 unspecified atom stereocenters. The second kappa shape index (κ2) is 6.67. The Hall–Kier alpha value is -0.803. The lowest BCUT2D eigenvalue weighted by Crippen LogP contribution is -2.50. The highest BCUT2D eigenvalue weighted by molar-refractivity contribution is 6.74. The van der Waals surface area contributed by atoms with Crippen LogP contribution in [0.4, 0.5) is 0 Å². The van der Waals surface area contributed by atoms with Crippen LogP contribution < -0.4 is 4.74 Å². The Morgan fingerprint density at radius 2 is 1.88 bits per heavy atom. The summed E-state index contributed by atoms with van der Waals surface area (Å²) in [6.45, 7) is 16.9. The molecule has 0 radical (unpaired) electrons. The lowest BCUT2D eigenvalue weighted by molar-refractivity contribution is 0.0520. The SMILES string of the molecule is COc1ccc2c(c1)CC[C@]1(C)[C@@H](O[Si](C)(C)C(C)(C)C(C)C)CC[C@@H]21. The minimum atomic E-state index is -1.81. The Morgan fingerprint density at radius 3 is 2.50 bits per heavy atom. The Labute approximate surface area is 161 Å². The van der Waals surface area contributed by atoms with Crippen molar-refractivity contribution >= 4 is 8.32 Å². The Morgan fingerprint density at radius 1 is 1.19 bits per heavy atom. The van der Waals surface area contributed by atoms with Gasteiger partial charge in [-0.25, -0.2) is 0 Å². The third kappa shape index (κ3) is 3.05. The van der Waals surface area contributed by atoms with Gasteiger partial charge in [0.05, 0.1) is 13.2 Å². The monoisotopic (exact) mass is 374 g/mol. The van der Waals surface area contributed by atoms with Crippen molar-refractivity contribution in [3.63, 3.8) is 0 Å². The van der Waals surface area contributed by atoms with Crippen LogP contribution in [0.1, 0.15) is 70.9 Å². The highest BCUT2D eigenvalue weighted by atomic mass is 28.4. The second-order valence-corrected chi connectivity index (χ2v) is 14.7. The van der Waals surface area contributed by atoms with E-state index >= 15 is 0 Å². The average molecular weight is 375 g/mol. The highest BCUT2D eigenvalue weighted by Crippen LogP contribution is 2.58. The molecule has 3 atom stereocenters. The van der Waals surface area contributed by atoms with Crippen molar-refractivity contribution in [2.24, 2.45) is 11.3 Å². The van der Waals surface area contributed by atoms with Crippen LogP contribution >= 0.6 is 0 Å². The van der Waals surface area contributed by atoms with Gasteiger partial charge in [0.2, 0.25) is 0 Å². The molecule has 0 aliphatic heterocycles. The van der Waals surface area contributed by atoms with E-state index in [1.807, 2.05) is 0 Å². The summed E-state index contributed by atoms with van der Waals surface area (Å²) in [6.07, 6.45) is 5.25. The maximum absolute atomic E-state index is 7.07. The molecule has 0 bridgehead atoms. The minimum absolute atomic E-state index is 0.277. The van der Waals surface area contributed by atoms with E-state index in [9.17, 15) is 0 Å². The quantitative estimate of drug-likeness (QED) is 0.544. The molecule has 0 N–H and O–H groups in total. The van der Waals surface area contributed by atoms with Crippen LogP contribution in [-0.4, -0.2) is 21.5 Å². The zero-order valence-corrected chi connectivity index (χ0v) is 19.1. The Bertz CT molecular complexity index is 664. The molecular weight excluding hydrogens is 336 g/mol.